The van der Waals surface area contributed by atoms with Gasteiger partial charge in [0, 0.05) is 5.75 Å². The van der Waals surface area contributed by atoms with E-state index in [9.17, 15) is 0 Å². The molecular weight excluding hydrogens is 160 g/mol. The molecule has 1 heterocycles. The number of thioether (sulfide) groups is 1. The zero-order valence-corrected chi connectivity index (χ0v) is 7.86. The SMILES string of the molecule is CCCCSCC1COCO1. The van der Waals surface area contributed by atoms with E-state index in [0.717, 1.165) is 12.4 Å². The number of rotatable bonds is 5. The average molecular weight is 176 g/mol. The van der Waals surface area contributed by atoms with E-state index in [1.54, 1.807) is 0 Å². The third-order valence-corrected chi connectivity index (χ3v) is 2.82. The lowest BCUT2D eigenvalue weighted by Crippen LogP contribution is -2.12. The zero-order valence-electron chi connectivity index (χ0n) is 7.04. The first-order valence-corrected chi connectivity index (χ1v) is 5.36. The van der Waals surface area contributed by atoms with Crippen molar-refractivity contribution in [2.75, 3.05) is 24.9 Å². The van der Waals surface area contributed by atoms with Gasteiger partial charge in [-0.25, -0.2) is 0 Å². The smallest absolute Gasteiger partial charge is 0.147 e. The summed E-state index contributed by atoms with van der Waals surface area (Å²) in [4.78, 5) is 0. The molecule has 1 atom stereocenters. The summed E-state index contributed by atoms with van der Waals surface area (Å²) < 4.78 is 10.4. The molecule has 0 aromatic carbocycles. The van der Waals surface area contributed by atoms with Crippen LogP contribution in [-0.2, 0) is 9.47 Å². The Balaban J connectivity index is 1.86. The van der Waals surface area contributed by atoms with Crippen molar-refractivity contribution in [1.29, 1.82) is 0 Å². The van der Waals surface area contributed by atoms with Gasteiger partial charge in [-0.1, -0.05) is 13.3 Å². The highest BCUT2D eigenvalue weighted by Crippen LogP contribution is 2.12. The van der Waals surface area contributed by atoms with E-state index in [1.165, 1.54) is 18.6 Å². The van der Waals surface area contributed by atoms with E-state index in [-0.39, 0.29) is 0 Å². The van der Waals surface area contributed by atoms with Crippen LogP contribution in [0.15, 0.2) is 0 Å². The van der Waals surface area contributed by atoms with E-state index in [0.29, 0.717) is 12.9 Å². The Morgan fingerprint density at radius 3 is 3.09 bits per heavy atom. The molecule has 0 saturated carbocycles. The van der Waals surface area contributed by atoms with Crippen LogP contribution in [0.2, 0.25) is 0 Å². The van der Waals surface area contributed by atoms with Gasteiger partial charge in [0.1, 0.15) is 6.79 Å². The molecule has 0 radical (unpaired) electrons. The van der Waals surface area contributed by atoms with Crippen LogP contribution < -0.4 is 0 Å². The standard InChI is InChI=1S/C8H16O2S/c1-2-3-4-11-6-8-5-9-7-10-8/h8H,2-7H2,1H3. The lowest BCUT2D eigenvalue weighted by atomic mass is 10.4. The van der Waals surface area contributed by atoms with Crippen molar-refractivity contribution in [3.05, 3.63) is 0 Å². The summed E-state index contributed by atoms with van der Waals surface area (Å²) in [5.41, 5.74) is 0. The highest BCUT2D eigenvalue weighted by Gasteiger charge is 2.14. The van der Waals surface area contributed by atoms with E-state index >= 15 is 0 Å². The van der Waals surface area contributed by atoms with Crippen molar-refractivity contribution in [3.63, 3.8) is 0 Å². The van der Waals surface area contributed by atoms with Gasteiger partial charge < -0.3 is 9.47 Å². The maximum atomic E-state index is 5.29. The molecule has 1 unspecified atom stereocenters. The van der Waals surface area contributed by atoms with Crippen LogP contribution in [-0.4, -0.2) is 31.0 Å². The monoisotopic (exact) mass is 176 g/mol. The molecular formula is C8H16O2S. The number of hydrogen-bond acceptors (Lipinski definition) is 3. The van der Waals surface area contributed by atoms with Crippen molar-refractivity contribution in [3.8, 4) is 0 Å². The molecule has 1 rings (SSSR count). The summed E-state index contributed by atoms with van der Waals surface area (Å²) >= 11 is 1.97. The molecule has 66 valence electrons. The molecule has 11 heavy (non-hydrogen) atoms. The maximum absolute atomic E-state index is 5.29. The van der Waals surface area contributed by atoms with Gasteiger partial charge in [0.15, 0.2) is 0 Å². The highest BCUT2D eigenvalue weighted by molar-refractivity contribution is 7.99. The first-order valence-electron chi connectivity index (χ1n) is 4.20. The van der Waals surface area contributed by atoms with Crippen molar-refractivity contribution in [2.24, 2.45) is 0 Å². The van der Waals surface area contributed by atoms with Crippen molar-refractivity contribution < 1.29 is 9.47 Å². The average Bonchev–Trinajstić information content (AvgIpc) is 2.50. The van der Waals surface area contributed by atoms with Gasteiger partial charge >= 0.3 is 0 Å². The molecule has 0 aromatic heterocycles. The van der Waals surface area contributed by atoms with Gasteiger partial charge in [0.25, 0.3) is 0 Å². The van der Waals surface area contributed by atoms with Gasteiger partial charge in [-0.2, -0.15) is 11.8 Å². The fraction of sp³-hybridized carbons (Fsp3) is 1.00. The van der Waals surface area contributed by atoms with E-state index < -0.39 is 0 Å². The van der Waals surface area contributed by atoms with Crippen LogP contribution >= 0.6 is 11.8 Å². The Morgan fingerprint density at radius 2 is 2.45 bits per heavy atom. The summed E-state index contributed by atoms with van der Waals surface area (Å²) in [6, 6.07) is 0. The Morgan fingerprint density at radius 1 is 1.55 bits per heavy atom. The normalized spacial score (nSPS) is 24.3. The first kappa shape index (κ1) is 9.36. The zero-order chi connectivity index (χ0) is 7.94. The van der Waals surface area contributed by atoms with Crippen LogP contribution in [0.5, 0.6) is 0 Å². The fourth-order valence-corrected chi connectivity index (χ4v) is 2.04. The van der Waals surface area contributed by atoms with Crippen LogP contribution in [0.25, 0.3) is 0 Å². The first-order chi connectivity index (χ1) is 5.43. The molecule has 0 aliphatic carbocycles. The Kier molecular flexibility index (Phi) is 4.99. The lowest BCUT2D eigenvalue weighted by molar-refractivity contribution is 0.0525. The number of unbranched alkanes of at least 4 members (excludes halogenated alkanes) is 1. The molecule has 0 bridgehead atoms. The topological polar surface area (TPSA) is 18.5 Å². The Bertz CT molecular complexity index is 92.1. The van der Waals surface area contributed by atoms with Crippen LogP contribution in [0, 0.1) is 0 Å². The third kappa shape index (κ3) is 3.99. The van der Waals surface area contributed by atoms with Gasteiger partial charge in [-0.3, -0.25) is 0 Å². The quantitative estimate of drug-likeness (QED) is 0.596. The summed E-state index contributed by atoms with van der Waals surface area (Å²) in [5, 5.41) is 0. The van der Waals surface area contributed by atoms with Crippen molar-refractivity contribution in [2.45, 2.75) is 25.9 Å². The predicted octanol–water partition coefficient (Wildman–Crippen LogP) is 1.89. The molecule has 0 spiro atoms. The van der Waals surface area contributed by atoms with Gasteiger partial charge in [0.05, 0.1) is 12.7 Å². The van der Waals surface area contributed by atoms with Crippen molar-refractivity contribution in [1.82, 2.24) is 0 Å². The summed E-state index contributed by atoms with van der Waals surface area (Å²) in [5.74, 6) is 2.36. The molecule has 0 N–H and O–H groups in total. The van der Waals surface area contributed by atoms with Gasteiger partial charge in [-0.05, 0) is 12.2 Å². The molecule has 2 nitrogen and oxygen atoms in total. The van der Waals surface area contributed by atoms with Crippen LogP contribution in [0.4, 0.5) is 0 Å². The largest absolute Gasteiger partial charge is 0.353 e. The minimum atomic E-state index is 0.358. The summed E-state index contributed by atoms with van der Waals surface area (Å²) in [6.07, 6.45) is 2.96. The highest BCUT2D eigenvalue weighted by atomic mass is 32.2. The van der Waals surface area contributed by atoms with Crippen LogP contribution in [0.3, 0.4) is 0 Å². The van der Waals surface area contributed by atoms with Crippen molar-refractivity contribution >= 4 is 11.8 Å². The maximum Gasteiger partial charge on any atom is 0.147 e. The second-order valence-electron chi connectivity index (χ2n) is 2.71. The Labute approximate surface area is 72.6 Å². The lowest BCUT2D eigenvalue weighted by Gasteiger charge is -2.05. The second kappa shape index (κ2) is 5.86. The second-order valence-corrected chi connectivity index (χ2v) is 3.86. The molecule has 0 aromatic rings. The molecule has 0 amide bonds. The van der Waals surface area contributed by atoms with E-state index in [4.69, 9.17) is 9.47 Å². The minimum Gasteiger partial charge on any atom is -0.353 e. The number of hydrogen-bond donors (Lipinski definition) is 0. The fourth-order valence-electron chi connectivity index (χ4n) is 0.929. The van der Waals surface area contributed by atoms with Gasteiger partial charge in [0.2, 0.25) is 0 Å². The molecule has 1 aliphatic heterocycles. The molecule has 3 heteroatoms. The van der Waals surface area contributed by atoms with Gasteiger partial charge in [-0.15, -0.1) is 0 Å². The molecule has 1 saturated heterocycles. The molecule has 1 aliphatic rings. The van der Waals surface area contributed by atoms with Crippen LogP contribution in [0.1, 0.15) is 19.8 Å². The predicted molar refractivity (Wildman–Crippen MR) is 47.9 cm³/mol. The van der Waals surface area contributed by atoms with E-state index in [2.05, 4.69) is 6.92 Å². The third-order valence-electron chi connectivity index (χ3n) is 1.64. The number of ether oxygens (including phenoxy) is 2. The molecule has 1 fully saturated rings. The minimum absolute atomic E-state index is 0.358. The Hall–Kier alpha value is 0.270. The van der Waals surface area contributed by atoms with E-state index in [1.807, 2.05) is 11.8 Å². The summed E-state index contributed by atoms with van der Waals surface area (Å²) in [6.45, 7) is 3.51. The summed E-state index contributed by atoms with van der Waals surface area (Å²) in [7, 11) is 0.